The van der Waals surface area contributed by atoms with E-state index < -0.39 is 21.0 Å². The van der Waals surface area contributed by atoms with Gasteiger partial charge in [0.1, 0.15) is 17.2 Å². The molecule has 0 fully saturated rings. The maximum absolute atomic E-state index is 6.25. The molecule has 258 valence electrons. The van der Waals surface area contributed by atoms with Crippen LogP contribution in [0.1, 0.15) is 11.1 Å². The Morgan fingerprint density at radius 2 is 1.08 bits per heavy atom. The number of nitrogens with zero attached hydrogens (tertiary/aromatic N) is 5. The average Bonchev–Trinajstić information content (AvgIpc) is 3.16. The van der Waals surface area contributed by atoms with E-state index in [0.717, 1.165) is 38.5 Å². The number of rotatable bonds is 15. The van der Waals surface area contributed by atoms with Crippen LogP contribution in [0.15, 0.2) is 148 Å². The van der Waals surface area contributed by atoms with Crippen LogP contribution in [0.25, 0.3) is 0 Å². The van der Waals surface area contributed by atoms with Gasteiger partial charge in [-0.05, 0) is 102 Å². The molecule has 2 unspecified atom stereocenters. The van der Waals surface area contributed by atoms with Crippen molar-refractivity contribution in [2.45, 2.75) is 0 Å². The summed E-state index contributed by atoms with van der Waals surface area (Å²) in [6, 6.07) is 44.5. The van der Waals surface area contributed by atoms with Crippen molar-refractivity contribution >= 4 is 72.9 Å². The Kier molecular flexibility index (Phi) is 13.6. The molecule has 8 nitrogen and oxygen atoms in total. The predicted molar refractivity (Wildman–Crippen MR) is 221 cm³/mol. The molecule has 0 aliphatic rings. The van der Waals surface area contributed by atoms with Gasteiger partial charge >= 0.3 is 0 Å². The van der Waals surface area contributed by atoms with Gasteiger partial charge in [-0.1, -0.05) is 72.5 Å². The lowest BCUT2D eigenvalue weighted by atomic mass is 10.2. The van der Waals surface area contributed by atoms with Gasteiger partial charge in [0.2, 0.25) is 7.07 Å². The summed E-state index contributed by atoms with van der Waals surface area (Å²) in [5, 5.41) is 12.3. The molecule has 0 aromatic heterocycles. The minimum atomic E-state index is -2.50. The van der Waals surface area contributed by atoms with Gasteiger partial charge in [0.15, 0.2) is 6.73 Å². The summed E-state index contributed by atoms with van der Waals surface area (Å²) in [6.07, 6.45) is 3.57. The van der Waals surface area contributed by atoms with Gasteiger partial charge in [-0.25, -0.2) is 4.78 Å². The summed E-state index contributed by atoms with van der Waals surface area (Å²) in [7, 11) is 1.01. The first-order chi connectivity index (χ1) is 24.3. The fraction of sp³-hybridized carbons (Fsp3) is 0.135. The van der Waals surface area contributed by atoms with Crippen molar-refractivity contribution in [2.75, 3.05) is 34.6 Å². The first kappa shape index (κ1) is 37.2. The van der Waals surface area contributed by atoms with Crippen LogP contribution in [-0.4, -0.2) is 56.6 Å². The quantitative estimate of drug-likeness (QED) is 0.0621. The van der Waals surface area contributed by atoms with E-state index in [1.165, 1.54) is 0 Å². The van der Waals surface area contributed by atoms with E-state index in [1.54, 1.807) is 18.1 Å². The number of hydrazone groups is 2. The maximum atomic E-state index is 6.25. The Bertz CT molecular complexity index is 1950. The molecule has 0 N–H and O–H groups in total. The molecule has 5 aromatic rings. The minimum absolute atomic E-state index is 0.167. The first-order valence-electron chi connectivity index (χ1n) is 15.7. The third-order valence-corrected chi connectivity index (χ3v) is 15.2. The molecule has 13 heteroatoms. The Hall–Kier alpha value is -4.03. The van der Waals surface area contributed by atoms with Gasteiger partial charge in [-0.15, -0.1) is 0 Å². The maximum Gasteiger partial charge on any atom is 0.207 e. The first-order valence-corrected chi connectivity index (χ1v) is 23.0. The lowest BCUT2D eigenvalue weighted by Gasteiger charge is -2.27. The second-order valence-corrected chi connectivity index (χ2v) is 20.0. The van der Waals surface area contributed by atoms with Gasteiger partial charge in [0.25, 0.3) is 0 Å². The largest absolute Gasteiger partial charge is 0.497 e. The molecule has 0 bridgehead atoms. The van der Waals surface area contributed by atoms with E-state index in [1.807, 2.05) is 105 Å². The average molecular weight is 760 g/mol. The summed E-state index contributed by atoms with van der Waals surface area (Å²) in [6.45, 7) is 1.14. The fourth-order valence-electron chi connectivity index (χ4n) is 4.84. The molecule has 2 atom stereocenters. The second-order valence-electron chi connectivity index (χ2n) is 11.0. The molecule has 0 spiro atoms. The van der Waals surface area contributed by atoms with Crippen LogP contribution in [0.5, 0.6) is 17.2 Å². The minimum Gasteiger partial charge on any atom is -0.497 e. The number of benzene rings is 5. The molecule has 0 amide bonds. The molecular formula is C37H40N5O3P3S2. The van der Waals surface area contributed by atoms with E-state index >= 15 is 0 Å². The van der Waals surface area contributed by atoms with Crippen LogP contribution in [0.3, 0.4) is 0 Å². The molecule has 50 heavy (non-hydrogen) atoms. The van der Waals surface area contributed by atoms with Gasteiger partial charge < -0.3 is 14.0 Å². The smallest absolute Gasteiger partial charge is 0.207 e. The predicted octanol–water partition coefficient (Wildman–Crippen LogP) is 7.55. The van der Waals surface area contributed by atoms with Gasteiger partial charge in [-0.3, -0.25) is 9.52 Å². The highest BCUT2D eigenvalue weighted by atomic mass is 32.4. The SMILES string of the molecule is COc1ccc(C=NN(C)[PH](=S)Oc2ccc(P(=NCOc3ccc(C=NN(C)[PH](C)=S)cc3)(c3ccccc3)c3ccccc3)cc2)cc1. The third-order valence-electron chi connectivity index (χ3n) is 7.65. The van der Waals surface area contributed by atoms with Crippen LogP contribution >= 0.6 is 21.0 Å². The molecule has 0 saturated carbocycles. The number of ether oxygens (including phenoxy) is 2. The zero-order valence-electron chi connectivity index (χ0n) is 28.3. The van der Waals surface area contributed by atoms with Gasteiger partial charge in [0, 0.05) is 36.9 Å². The summed E-state index contributed by atoms with van der Waals surface area (Å²) in [4.78, 5) is 0. The molecule has 0 aliphatic carbocycles. The second kappa shape index (κ2) is 18.3. The van der Waals surface area contributed by atoms with E-state index in [-0.39, 0.29) is 6.73 Å². The van der Waals surface area contributed by atoms with Crippen molar-refractivity contribution in [2.24, 2.45) is 14.9 Å². The number of methoxy groups -OCH3 is 1. The van der Waals surface area contributed by atoms with Crippen LogP contribution < -0.4 is 29.9 Å². The molecule has 0 aliphatic heterocycles. The van der Waals surface area contributed by atoms with Crippen molar-refractivity contribution in [3.8, 4) is 17.2 Å². The lowest BCUT2D eigenvalue weighted by Crippen LogP contribution is -2.26. The molecule has 5 rings (SSSR count). The van der Waals surface area contributed by atoms with Crippen molar-refractivity contribution < 1.29 is 14.0 Å². The topological polar surface area (TPSA) is 71.2 Å². The summed E-state index contributed by atoms with van der Waals surface area (Å²) in [5.41, 5.74) is 1.91. The zero-order valence-corrected chi connectivity index (χ0v) is 32.8. The summed E-state index contributed by atoms with van der Waals surface area (Å²) in [5.74, 6) is 2.20. The van der Waals surface area contributed by atoms with E-state index in [2.05, 4.69) is 70.9 Å². The van der Waals surface area contributed by atoms with Crippen LogP contribution in [0.4, 0.5) is 0 Å². The summed E-state index contributed by atoms with van der Waals surface area (Å²) >= 11 is 11.1. The van der Waals surface area contributed by atoms with Crippen LogP contribution in [0, 0.1) is 0 Å². The number of hydrogen-bond acceptors (Lipinski definition) is 8. The Labute approximate surface area is 306 Å². The van der Waals surface area contributed by atoms with E-state index in [9.17, 15) is 0 Å². The van der Waals surface area contributed by atoms with Crippen molar-refractivity contribution in [3.63, 3.8) is 0 Å². The Morgan fingerprint density at radius 1 is 0.620 bits per heavy atom. The standard InChI is InChI=1S/C37H40N5O3P3S2/c1-41(46(4)49)38-27-31-17-21-33(22-18-31)44-29-40-48(35-11-7-5-8-12-35,36-13-9-6-10-14-36)37-25-23-34(24-26-37)45-47(50)42(2)39-28-30-15-19-32(43-3)20-16-30/h5-28,46-47H,29H2,1-4H3. The third kappa shape index (κ3) is 9.81. The highest BCUT2D eigenvalue weighted by molar-refractivity contribution is 8.03. The van der Waals surface area contributed by atoms with Crippen molar-refractivity contribution in [1.82, 2.24) is 9.56 Å². The molecule has 0 radical (unpaired) electrons. The van der Waals surface area contributed by atoms with E-state index in [0.29, 0.717) is 5.75 Å². The normalized spacial score (nSPS) is 12.7. The fourth-order valence-corrected chi connectivity index (χ4v) is 9.66. The van der Waals surface area contributed by atoms with Gasteiger partial charge in [-0.2, -0.15) is 10.2 Å². The molecular weight excluding hydrogens is 719 g/mol. The van der Waals surface area contributed by atoms with Crippen LogP contribution in [-0.2, 0) is 23.6 Å². The Balaban J connectivity index is 1.39. The van der Waals surface area contributed by atoms with Crippen molar-refractivity contribution in [3.05, 3.63) is 145 Å². The summed E-state index contributed by atoms with van der Waals surface area (Å²) < 4.78 is 26.7. The van der Waals surface area contributed by atoms with Crippen LogP contribution in [0.2, 0.25) is 0 Å². The molecule has 5 aromatic carbocycles. The van der Waals surface area contributed by atoms with E-state index in [4.69, 9.17) is 42.4 Å². The highest BCUT2D eigenvalue weighted by Gasteiger charge is 2.27. The Morgan fingerprint density at radius 3 is 1.58 bits per heavy atom. The van der Waals surface area contributed by atoms with Crippen molar-refractivity contribution in [1.29, 1.82) is 0 Å². The zero-order chi connectivity index (χ0) is 35.3. The molecule has 0 heterocycles. The lowest BCUT2D eigenvalue weighted by molar-refractivity contribution is 0.333. The van der Waals surface area contributed by atoms with Gasteiger partial charge in [0.05, 0.1) is 26.6 Å². The number of hydrogen-bond donors (Lipinski definition) is 0. The monoisotopic (exact) mass is 759 g/mol. The highest BCUT2D eigenvalue weighted by Crippen LogP contribution is 2.47. The molecule has 0 saturated heterocycles.